The highest BCUT2D eigenvalue weighted by Gasteiger charge is 2.36. The quantitative estimate of drug-likeness (QED) is 0.324. The van der Waals surface area contributed by atoms with Crippen molar-refractivity contribution in [2.45, 2.75) is 52.4 Å². The standard InChI is InChI=1S/C28H31ClN6O4/c1-18-10-15-23(39-18)25(27(37)30-28(2,3)4)34(16-20-8-6-7-9-22(20)29)24(36)17-35-32-26(31-33-35)19-11-13-21(38-5)14-12-19/h6-15,25H,16-17H2,1-5H3,(H,30,37). The summed E-state index contributed by atoms with van der Waals surface area (Å²) in [4.78, 5) is 30.1. The molecule has 10 nitrogen and oxygen atoms in total. The van der Waals surface area contributed by atoms with Crippen LogP contribution in [-0.2, 0) is 22.7 Å². The van der Waals surface area contributed by atoms with Crippen LogP contribution in [0.4, 0.5) is 0 Å². The van der Waals surface area contributed by atoms with Gasteiger partial charge in [-0.15, -0.1) is 10.2 Å². The van der Waals surface area contributed by atoms with Gasteiger partial charge in [-0.1, -0.05) is 29.8 Å². The van der Waals surface area contributed by atoms with Gasteiger partial charge in [0.2, 0.25) is 11.7 Å². The number of benzene rings is 2. The van der Waals surface area contributed by atoms with Crippen LogP contribution in [0.3, 0.4) is 0 Å². The number of nitrogens with zero attached hydrogens (tertiary/aromatic N) is 5. The van der Waals surface area contributed by atoms with E-state index in [0.29, 0.717) is 33.7 Å². The Morgan fingerprint density at radius 1 is 1.10 bits per heavy atom. The minimum atomic E-state index is -1.06. The minimum absolute atomic E-state index is 0.0561. The van der Waals surface area contributed by atoms with Gasteiger partial charge in [0.05, 0.1) is 7.11 Å². The highest BCUT2D eigenvalue weighted by Crippen LogP contribution is 2.28. The number of nitrogens with one attached hydrogen (secondary N) is 1. The number of ether oxygens (including phenoxy) is 1. The first-order valence-electron chi connectivity index (χ1n) is 12.4. The molecule has 2 heterocycles. The lowest BCUT2D eigenvalue weighted by Crippen LogP contribution is -2.49. The molecule has 39 heavy (non-hydrogen) atoms. The third-order valence-corrected chi connectivity index (χ3v) is 6.15. The summed E-state index contributed by atoms with van der Waals surface area (Å²) in [6.45, 7) is 7.19. The van der Waals surface area contributed by atoms with Gasteiger partial charge in [0, 0.05) is 22.7 Å². The van der Waals surface area contributed by atoms with Crippen molar-refractivity contribution < 1.29 is 18.7 Å². The molecule has 2 aromatic heterocycles. The monoisotopic (exact) mass is 550 g/mol. The van der Waals surface area contributed by atoms with Crippen LogP contribution < -0.4 is 10.1 Å². The van der Waals surface area contributed by atoms with Crippen LogP contribution in [0.5, 0.6) is 5.75 Å². The van der Waals surface area contributed by atoms with Crippen molar-refractivity contribution in [1.29, 1.82) is 0 Å². The number of amides is 2. The summed E-state index contributed by atoms with van der Waals surface area (Å²) in [5.41, 5.74) is 0.849. The molecule has 0 fully saturated rings. The van der Waals surface area contributed by atoms with Crippen LogP contribution in [-0.4, -0.2) is 49.6 Å². The van der Waals surface area contributed by atoms with E-state index in [1.807, 2.05) is 32.9 Å². The highest BCUT2D eigenvalue weighted by atomic mass is 35.5. The van der Waals surface area contributed by atoms with Crippen LogP contribution in [0.1, 0.15) is 43.9 Å². The molecule has 2 amide bonds. The van der Waals surface area contributed by atoms with Crippen molar-refractivity contribution in [3.63, 3.8) is 0 Å². The fourth-order valence-electron chi connectivity index (χ4n) is 3.97. The number of carbonyl (C=O) groups excluding carboxylic acids is 2. The maximum absolute atomic E-state index is 13.9. The SMILES string of the molecule is COc1ccc(-c2nnn(CC(=O)N(Cc3ccccc3Cl)C(C(=O)NC(C)(C)C)c3ccc(C)o3)n2)cc1. The largest absolute Gasteiger partial charge is 0.497 e. The number of carbonyl (C=O) groups is 2. The van der Waals surface area contributed by atoms with Crippen LogP contribution in [0.25, 0.3) is 11.4 Å². The van der Waals surface area contributed by atoms with E-state index in [1.165, 1.54) is 9.70 Å². The van der Waals surface area contributed by atoms with E-state index in [-0.39, 0.29) is 19.0 Å². The van der Waals surface area contributed by atoms with Crippen molar-refractivity contribution in [1.82, 2.24) is 30.4 Å². The lowest BCUT2D eigenvalue weighted by Gasteiger charge is -2.32. The van der Waals surface area contributed by atoms with Gasteiger partial charge < -0.3 is 19.4 Å². The van der Waals surface area contributed by atoms with Crippen LogP contribution in [0.2, 0.25) is 5.02 Å². The molecule has 2 aromatic carbocycles. The first-order chi connectivity index (χ1) is 18.5. The third-order valence-electron chi connectivity index (χ3n) is 5.79. The topological polar surface area (TPSA) is 115 Å². The van der Waals surface area contributed by atoms with Crippen LogP contribution >= 0.6 is 11.6 Å². The molecule has 0 aliphatic carbocycles. The summed E-state index contributed by atoms with van der Waals surface area (Å²) in [6, 6.07) is 16.7. The molecule has 11 heteroatoms. The number of aryl methyl sites for hydroxylation is 1. The lowest BCUT2D eigenvalue weighted by molar-refractivity contribution is -0.143. The predicted octanol–water partition coefficient (Wildman–Crippen LogP) is 4.59. The van der Waals surface area contributed by atoms with E-state index < -0.39 is 17.5 Å². The normalized spacial score (nSPS) is 12.2. The molecule has 4 rings (SSSR count). The summed E-state index contributed by atoms with van der Waals surface area (Å²) in [5, 5.41) is 16.0. The van der Waals surface area contributed by atoms with Gasteiger partial charge in [-0.25, -0.2) is 0 Å². The Balaban J connectivity index is 1.68. The average molecular weight is 551 g/mol. The molecule has 0 radical (unpaired) electrons. The maximum atomic E-state index is 13.9. The molecule has 1 N–H and O–H groups in total. The predicted molar refractivity (Wildman–Crippen MR) is 146 cm³/mol. The molecular weight excluding hydrogens is 520 g/mol. The smallest absolute Gasteiger partial charge is 0.251 e. The van der Waals surface area contributed by atoms with E-state index in [1.54, 1.807) is 62.6 Å². The second-order valence-electron chi connectivity index (χ2n) is 10.1. The second kappa shape index (κ2) is 11.7. The lowest BCUT2D eigenvalue weighted by atomic mass is 10.1. The molecule has 204 valence electrons. The summed E-state index contributed by atoms with van der Waals surface area (Å²) in [7, 11) is 1.59. The van der Waals surface area contributed by atoms with E-state index in [2.05, 4.69) is 20.7 Å². The van der Waals surface area contributed by atoms with E-state index in [9.17, 15) is 9.59 Å². The summed E-state index contributed by atoms with van der Waals surface area (Å²) in [5.74, 6) is 1.20. The van der Waals surface area contributed by atoms with E-state index in [0.717, 1.165) is 5.56 Å². The molecule has 0 spiro atoms. The minimum Gasteiger partial charge on any atom is -0.497 e. The van der Waals surface area contributed by atoms with Gasteiger partial charge >= 0.3 is 0 Å². The van der Waals surface area contributed by atoms with E-state index >= 15 is 0 Å². The molecule has 0 bridgehead atoms. The molecule has 0 saturated heterocycles. The number of hydrogen-bond donors (Lipinski definition) is 1. The number of methoxy groups -OCH3 is 1. The van der Waals surface area contributed by atoms with E-state index in [4.69, 9.17) is 20.8 Å². The Hall–Kier alpha value is -4.18. The number of halogens is 1. The van der Waals surface area contributed by atoms with Gasteiger partial charge in [0.15, 0.2) is 6.04 Å². The number of hydrogen-bond acceptors (Lipinski definition) is 7. The Morgan fingerprint density at radius 3 is 2.44 bits per heavy atom. The summed E-state index contributed by atoms with van der Waals surface area (Å²) in [6.07, 6.45) is 0. The van der Waals surface area contributed by atoms with Gasteiger partial charge in [0.1, 0.15) is 23.8 Å². The molecular formula is C28H31ClN6O4. The van der Waals surface area contributed by atoms with Gasteiger partial charge in [-0.3, -0.25) is 9.59 Å². The van der Waals surface area contributed by atoms with Crippen LogP contribution in [0.15, 0.2) is 65.1 Å². The fraction of sp³-hybridized carbons (Fsp3) is 0.321. The van der Waals surface area contributed by atoms with Gasteiger partial charge in [-0.2, -0.15) is 4.80 Å². The second-order valence-corrected chi connectivity index (χ2v) is 10.5. The highest BCUT2D eigenvalue weighted by molar-refractivity contribution is 6.31. The molecule has 0 aliphatic heterocycles. The molecule has 0 saturated carbocycles. The van der Waals surface area contributed by atoms with Gasteiger partial charge in [0.25, 0.3) is 5.91 Å². The molecule has 1 unspecified atom stereocenters. The van der Waals surface area contributed by atoms with Crippen molar-refractivity contribution in [2.75, 3.05) is 7.11 Å². The Labute approximate surface area is 231 Å². The summed E-state index contributed by atoms with van der Waals surface area (Å²) >= 11 is 6.46. The first-order valence-corrected chi connectivity index (χ1v) is 12.8. The number of furan rings is 1. The Bertz CT molecular complexity index is 1440. The number of aromatic nitrogens is 4. The summed E-state index contributed by atoms with van der Waals surface area (Å²) < 4.78 is 11.1. The number of tetrazole rings is 1. The molecule has 0 aliphatic rings. The first kappa shape index (κ1) is 27.8. The van der Waals surface area contributed by atoms with Gasteiger partial charge in [-0.05, 0) is 80.9 Å². The van der Waals surface area contributed by atoms with Crippen molar-refractivity contribution in [2.24, 2.45) is 0 Å². The van der Waals surface area contributed by atoms with Crippen molar-refractivity contribution in [3.8, 4) is 17.1 Å². The fourth-order valence-corrected chi connectivity index (χ4v) is 4.17. The Morgan fingerprint density at radius 2 is 1.82 bits per heavy atom. The Kier molecular flexibility index (Phi) is 8.35. The maximum Gasteiger partial charge on any atom is 0.251 e. The number of rotatable bonds is 9. The third kappa shape index (κ3) is 7.02. The van der Waals surface area contributed by atoms with Crippen molar-refractivity contribution in [3.05, 3.63) is 82.8 Å². The molecule has 1 atom stereocenters. The zero-order valence-corrected chi connectivity index (χ0v) is 23.3. The van der Waals surface area contributed by atoms with Crippen molar-refractivity contribution >= 4 is 23.4 Å². The zero-order valence-electron chi connectivity index (χ0n) is 22.5. The molecule has 4 aromatic rings. The zero-order chi connectivity index (χ0) is 28.2. The van der Waals surface area contributed by atoms with Crippen LogP contribution in [0, 0.1) is 6.92 Å². The average Bonchev–Trinajstić information content (AvgIpc) is 3.53.